The molecule has 0 spiro atoms. The SMILES string of the molecule is COCCONC(=O)c1cccc(C)c1Br. The summed E-state index contributed by atoms with van der Waals surface area (Å²) >= 11 is 3.36. The number of hydrogen-bond donors (Lipinski definition) is 1. The van der Waals surface area contributed by atoms with Gasteiger partial charge < -0.3 is 4.74 Å². The number of carbonyl (C=O) groups excluding carboxylic acids is 1. The van der Waals surface area contributed by atoms with Gasteiger partial charge in [-0.15, -0.1) is 0 Å². The molecule has 0 saturated carbocycles. The van der Waals surface area contributed by atoms with Crippen LogP contribution in [0.25, 0.3) is 0 Å². The van der Waals surface area contributed by atoms with Crippen LogP contribution in [-0.2, 0) is 9.57 Å². The number of nitrogens with one attached hydrogen (secondary N) is 1. The molecule has 1 amide bonds. The van der Waals surface area contributed by atoms with E-state index in [0.29, 0.717) is 18.8 Å². The molecule has 0 unspecified atom stereocenters. The summed E-state index contributed by atoms with van der Waals surface area (Å²) in [5.41, 5.74) is 3.91. The maximum Gasteiger partial charge on any atom is 0.275 e. The van der Waals surface area contributed by atoms with Gasteiger partial charge in [0.1, 0.15) is 0 Å². The Morgan fingerprint density at radius 3 is 2.88 bits per heavy atom. The predicted octanol–water partition coefficient (Wildman–Crippen LogP) is 2.07. The fourth-order valence-electron chi connectivity index (χ4n) is 1.12. The van der Waals surface area contributed by atoms with E-state index < -0.39 is 0 Å². The summed E-state index contributed by atoms with van der Waals surface area (Å²) in [6.45, 7) is 2.69. The fraction of sp³-hybridized carbons (Fsp3) is 0.364. The zero-order valence-corrected chi connectivity index (χ0v) is 10.8. The lowest BCUT2D eigenvalue weighted by Crippen LogP contribution is -2.25. The van der Waals surface area contributed by atoms with Crippen LogP contribution in [0.2, 0.25) is 0 Å². The number of ether oxygens (including phenoxy) is 1. The molecule has 0 heterocycles. The number of methoxy groups -OCH3 is 1. The van der Waals surface area contributed by atoms with E-state index in [9.17, 15) is 4.79 Å². The third-order valence-corrected chi connectivity index (χ3v) is 3.04. The van der Waals surface area contributed by atoms with Gasteiger partial charge in [0.05, 0.1) is 18.8 Å². The van der Waals surface area contributed by atoms with Crippen LogP contribution in [0.15, 0.2) is 22.7 Å². The quantitative estimate of drug-likeness (QED) is 0.666. The van der Waals surface area contributed by atoms with Gasteiger partial charge in [0.2, 0.25) is 0 Å². The molecule has 0 aliphatic carbocycles. The topological polar surface area (TPSA) is 47.6 Å². The number of amides is 1. The summed E-state index contributed by atoms with van der Waals surface area (Å²) in [7, 11) is 1.57. The van der Waals surface area contributed by atoms with Crippen molar-refractivity contribution in [1.82, 2.24) is 5.48 Å². The largest absolute Gasteiger partial charge is 0.382 e. The van der Waals surface area contributed by atoms with Crippen LogP contribution in [0.3, 0.4) is 0 Å². The Labute approximate surface area is 103 Å². The van der Waals surface area contributed by atoms with Gasteiger partial charge >= 0.3 is 0 Å². The van der Waals surface area contributed by atoms with Gasteiger partial charge in [0.25, 0.3) is 5.91 Å². The number of aryl methyl sites for hydroxylation is 1. The van der Waals surface area contributed by atoms with E-state index in [2.05, 4.69) is 21.4 Å². The second-order valence-electron chi connectivity index (χ2n) is 3.21. The standard InChI is InChI=1S/C11H14BrNO3/c1-8-4-3-5-9(10(8)12)11(14)13-16-7-6-15-2/h3-5H,6-7H2,1-2H3,(H,13,14). The van der Waals surface area contributed by atoms with Crippen molar-refractivity contribution in [2.45, 2.75) is 6.92 Å². The molecule has 1 aromatic carbocycles. The Bertz CT molecular complexity index is 368. The Balaban J connectivity index is 2.56. The summed E-state index contributed by atoms with van der Waals surface area (Å²) in [4.78, 5) is 16.6. The molecule has 1 rings (SSSR count). The number of hydrogen-bond acceptors (Lipinski definition) is 3. The molecule has 0 atom stereocenters. The maximum atomic E-state index is 11.7. The van der Waals surface area contributed by atoms with E-state index in [1.807, 2.05) is 19.1 Å². The molecule has 0 aliphatic rings. The second kappa shape index (κ2) is 6.62. The van der Waals surface area contributed by atoms with Gasteiger partial charge in [0.15, 0.2) is 0 Å². The van der Waals surface area contributed by atoms with Crippen LogP contribution in [0.4, 0.5) is 0 Å². The molecule has 0 aliphatic heterocycles. The lowest BCUT2D eigenvalue weighted by atomic mass is 10.1. The van der Waals surface area contributed by atoms with Crippen molar-refractivity contribution in [2.24, 2.45) is 0 Å². The monoisotopic (exact) mass is 287 g/mol. The Hall–Kier alpha value is -0.910. The zero-order valence-electron chi connectivity index (χ0n) is 9.25. The minimum Gasteiger partial charge on any atom is -0.382 e. The predicted molar refractivity (Wildman–Crippen MR) is 64.2 cm³/mol. The van der Waals surface area contributed by atoms with Crippen LogP contribution in [0, 0.1) is 6.92 Å². The summed E-state index contributed by atoms with van der Waals surface area (Å²) in [5.74, 6) is -0.272. The van der Waals surface area contributed by atoms with Crippen LogP contribution in [0.5, 0.6) is 0 Å². The average Bonchev–Trinajstić information content (AvgIpc) is 2.28. The Morgan fingerprint density at radius 2 is 2.19 bits per heavy atom. The molecule has 1 aromatic rings. The van der Waals surface area contributed by atoms with E-state index in [0.717, 1.165) is 10.0 Å². The normalized spacial score (nSPS) is 10.2. The third-order valence-electron chi connectivity index (χ3n) is 1.99. The van der Waals surface area contributed by atoms with Gasteiger partial charge in [-0.2, -0.15) is 0 Å². The highest BCUT2D eigenvalue weighted by atomic mass is 79.9. The van der Waals surface area contributed by atoms with Crippen LogP contribution >= 0.6 is 15.9 Å². The van der Waals surface area contributed by atoms with Gasteiger partial charge in [-0.3, -0.25) is 9.63 Å². The van der Waals surface area contributed by atoms with Crippen molar-refractivity contribution < 1.29 is 14.4 Å². The molecule has 0 saturated heterocycles. The van der Waals surface area contributed by atoms with Crippen LogP contribution < -0.4 is 5.48 Å². The molecule has 0 bridgehead atoms. The van der Waals surface area contributed by atoms with Gasteiger partial charge in [-0.05, 0) is 34.5 Å². The van der Waals surface area contributed by atoms with Crippen molar-refractivity contribution >= 4 is 21.8 Å². The van der Waals surface area contributed by atoms with Crippen LogP contribution in [-0.4, -0.2) is 26.2 Å². The van der Waals surface area contributed by atoms with E-state index in [-0.39, 0.29) is 5.91 Å². The van der Waals surface area contributed by atoms with Gasteiger partial charge in [-0.1, -0.05) is 12.1 Å². The van der Waals surface area contributed by atoms with E-state index in [1.165, 1.54) is 0 Å². The smallest absolute Gasteiger partial charge is 0.275 e. The summed E-state index contributed by atoms with van der Waals surface area (Å²) in [6.07, 6.45) is 0. The van der Waals surface area contributed by atoms with E-state index in [4.69, 9.17) is 9.57 Å². The lowest BCUT2D eigenvalue weighted by molar-refractivity contribution is 0.00883. The molecule has 88 valence electrons. The highest BCUT2D eigenvalue weighted by Crippen LogP contribution is 2.20. The number of hydroxylamine groups is 1. The van der Waals surface area contributed by atoms with Crippen molar-refractivity contribution in [2.75, 3.05) is 20.3 Å². The Kier molecular flexibility index (Phi) is 5.45. The Morgan fingerprint density at radius 1 is 1.44 bits per heavy atom. The van der Waals surface area contributed by atoms with Crippen molar-refractivity contribution in [1.29, 1.82) is 0 Å². The summed E-state index contributed by atoms with van der Waals surface area (Å²) in [6, 6.07) is 5.48. The highest BCUT2D eigenvalue weighted by molar-refractivity contribution is 9.10. The molecule has 1 N–H and O–H groups in total. The number of benzene rings is 1. The van der Waals surface area contributed by atoms with Crippen molar-refractivity contribution in [3.05, 3.63) is 33.8 Å². The first-order chi connectivity index (χ1) is 7.66. The molecule has 0 aromatic heterocycles. The fourth-order valence-corrected chi connectivity index (χ4v) is 1.56. The van der Waals surface area contributed by atoms with Crippen molar-refractivity contribution in [3.8, 4) is 0 Å². The number of rotatable bonds is 5. The lowest BCUT2D eigenvalue weighted by Gasteiger charge is -2.08. The molecular weight excluding hydrogens is 274 g/mol. The first-order valence-corrected chi connectivity index (χ1v) is 5.62. The van der Waals surface area contributed by atoms with E-state index in [1.54, 1.807) is 13.2 Å². The average molecular weight is 288 g/mol. The second-order valence-corrected chi connectivity index (χ2v) is 4.00. The first-order valence-electron chi connectivity index (χ1n) is 4.83. The minimum atomic E-state index is -0.272. The molecule has 0 radical (unpaired) electrons. The third kappa shape index (κ3) is 3.59. The van der Waals surface area contributed by atoms with Crippen LogP contribution in [0.1, 0.15) is 15.9 Å². The summed E-state index contributed by atoms with van der Waals surface area (Å²) < 4.78 is 5.57. The number of halogens is 1. The molecule has 5 heteroatoms. The zero-order chi connectivity index (χ0) is 12.0. The summed E-state index contributed by atoms with van der Waals surface area (Å²) in [5, 5.41) is 0. The van der Waals surface area contributed by atoms with E-state index >= 15 is 0 Å². The molecule has 0 fully saturated rings. The maximum absolute atomic E-state index is 11.7. The molecular formula is C11H14BrNO3. The molecule has 16 heavy (non-hydrogen) atoms. The van der Waals surface area contributed by atoms with Gasteiger partial charge in [0, 0.05) is 11.6 Å². The molecule has 4 nitrogen and oxygen atoms in total. The van der Waals surface area contributed by atoms with Gasteiger partial charge in [-0.25, -0.2) is 5.48 Å². The minimum absolute atomic E-state index is 0.272. The number of carbonyl (C=O) groups is 1. The first kappa shape index (κ1) is 13.2. The highest BCUT2D eigenvalue weighted by Gasteiger charge is 2.10. The van der Waals surface area contributed by atoms with Crippen molar-refractivity contribution in [3.63, 3.8) is 0 Å².